The highest BCUT2D eigenvalue weighted by molar-refractivity contribution is 7.16. The first-order chi connectivity index (χ1) is 11.3. The number of fused-ring (bicyclic) bond motifs is 1. The number of aryl methyl sites for hydroxylation is 2. The van der Waals surface area contributed by atoms with Crippen LogP contribution in [0.4, 0.5) is 5.69 Å². The van der Waals surface area contributed by atoms with Crippen LogP contribution in [0.2, 0.25) is 4.34 Å². The summed E-state index contributed by atoms with van der Waals surface area (Å²) in [6, 6.07) is 5.97. The summed E-state index contributed by atoms with van der Waals surface area (Å²) < 4.78 is 2.35. The average molecular weight is 364 g/mol. The monoisotopic (exact) mass is 363 g/mol. The van der Waals surface area contributed by atoms with Crippen LogP contribution in [0.5, 0.6) is 0 Å². The summed E-state index contributed by atoms with van der Waals surface area (Å²) in [7, 11) is 0. The van der Waals surface area contributed by atoms with Gasteiger partial charge < -0.3 is 11.1 Å². The van der Waals surface area contributed by atoms with E-state index in [-0.39, 0.29) is 12.6 Å². The van der Waals surface area contributed by atoms with Gasteiger partial charge in [0.15, 0.2) is 0 Å². The Morgan fingerprint density at radius 2 is 2.21 bits per heavy atom. The van der Waals surface area contributed by atoms with Crippen LogP contribution in [-0.4, -0.2) is 20.7 Å². The van der Waals surface area contributed by atoms with Crippen molar-refractivity contribution in [3.63, 3.8) is 0 Å². The minimum absolute atomic E-state index is 0.0347. The Bertz CT molecular complexity index is 897. The number of thiazole rings is 1. The molecular weight excluding hydrogens is 346 g/mol. The highest BCUT2D eigenvalue weighted by atomic mass is 35.5. The van der Waals surface area contributed by atoms with Gasteiger partial charge in [0.1, 0.15) is 15.9 Å². The molecule has 2 heterocycles. The summed E-state index contributed by atoms with van der Waals surface area (Å²) in [4.78, 5) is 15.6. The van der Waals surface area contributed by atoms with Crippen molar-refractivity contribution in [3.05, 3.63) is 38.9 Å². The molecule has 1 atom stereocenters. The van der Waals surface area contributed by atoms with E-state index in [1.165, 1.54) is 11.3 Å². The second-order valence-electron chi connectivity index (χ2n) is 5.72. The Labute approximate surface area is 148 Å². The van der Waals surface area contributed by atoms with Gasteiger partial charge in [-0.05, 0) is 39.0 Å². The lowest BCUT2D eigenvalue weighted by Crippen LogP contribution is -2.20. The van der Waals surface area contributed by atoms with Crippen molar-refractivity contribution in [1.29, 1.82) is 0 Å². The van der Waals surface area contributed by atoms with Crippen molar-refractivity contribution >= 4 is 45.4 Å². The lowest BCUT2D eigenvalue weighted by Gasteiger charge is -2.12. The lowest BCUT2D eigenvalue weighted by molar-refractivity contribution is -0.118. The topological polar surface area (TPSA) is 85.8 Å². The SMILES string of the molecule is Cc1nc([C@H](C)Nc2ccc3c(C)n(CC(N)=O)nc3c2)sc1Cl. The second-order valence-corrected chi connectivity index (χ2v) is 7.35. The first-order valence-corrected chi connectivity index (χ1v) is 8.69. The molecule has 6 nitrogen and oxygen atoms in total. The minimum atomic E-state index is -0.408. The van der Waals surface area contributed by atoms with Gasteiger partial charge in [-0.2, -0.15) is 5.10 Å². The van der Waals surface area contributed by atoms with E-state index < -0.39 is 5.91 Å². The molecule has 0 aliphatic rings. The van der Waals surface area contributed by atoms with Gasteiger partial charge in [-0.25, -0.2) is 4.98 Å². The maximum atomic E-state index is 11.1. The molecule has 1 aromatic carbocycles. The van der Waals surface area contributed by atoms with E-state index >= 15 is 0 Å². The third-order valence-corrected chi connectivity index (χ3v) is 5.45. The van der Waals surface area contributed by atoms with Crippen LogP contribution < -0.4 is 11.1 Å². The van der Waals surface area contributed by atoms with Gasteiger partial charge in [-0.1, -0.05) is 11.6 Å². The fraction of sp³-hybridized carbons (Fsp3) is 0.312. The van der Waals surface area contributed by atoms with E-state index in [1.807, 2.05) is 39.0 Å². The van der Waals surface area contributed by atoms with Crippen LogP contribution in [0, 0.1) is 13.8 Å². The lowest BCUT2D eigenvalue weighted by atomic mass is 10.2. The number of nitrogens with zero attached hydrogens (tertiary/aromatic N) is 3. The number of halogens is 1. The number of benzene rings is 1. The molecule has 24 heavy (non-hydrogen) atoms. The Kier molecular flexibility index (Phi) is 4.47. The van der Waals surface area contributed by atoms with E-state index in [2.05, 4.69) is 15.4 Å². The maximum Gasteiger partial charge on any atom is 0.239 e. The van der Waals surface area contributed by atoms with Crippen LogP contribution in [0.1, 0.15) is 29.4 Å². The van der Waals surface area contributed by atoms with Gasteiger partial charge in [0.2, 0.25) is 5.91 Å². The molecule has 2 aromatic heterocycles. The number of aromatic nitrogens is 3. The van der Waals surface area contributed by atoms with Gasteiger partial charge in [-0.3, -0.25) is 9.48 Å². The normalized spacial score (nSPS) is 12.5. The van der Waals surface area contributed by atoms with Gasteiger partial charge >= 0.3 is 0 Å². The number of nitrogens with one attached hydrogen (secondary N) is 1. The van der Waals surface area contributed by atoms with E-state index in [1.54, 1.807) is 4.68 Å². The predicted octanol–water partition coefficient (Wildman–Crippen LogP) is 3.42. The zero-order valence-electron chi connectivity index (χ0n) is 13.6. The fourth-order valence-corrected chi connectivity index (χ4v) is 3.63. The third kappa shape index (κ3) is 3.22. The van der Waals surface area contributed by atoms with Gasteiger partial charge in [0, 0.05) is 16.8 Å². The predicted molar refractivity (Wildman–Crippen MR) is 97.6 cm³/mol. The number of nitrogens with two attached hydrogens (primary N) is 1. The Balaban J connectivity index is 1.86. The molecule has 126 valence electrons. The van der Waals surface area contributed by atoms with Crippen molar-refractivity contribution in [2.24, 2.45) is 5.73 Å². The molecule has 1 amide bonds. The summed E-state index contributed by atoms with van der Waals surface area (Å²) in [5.74, 6) is -0.408. The second kappa shape index (κ2) is 6.41. The standard InChI is InChI=1S/C16H18ClN5OS/c1-8-15(17)24-16(20-8)9(2)19-11-4-5-12-10(3)22(7-14(18)23)21-13(12)6-11/h4-6,9,19H,7H2,1-3H3,(H2,18,23)/t9-/m0/s1. The molecule has 3 aromatic rings. The number of anilines is 1. The summed E-state index contributed by atoms with van der Waals surface area (Å²) in [5, 5.41) is 9.80. The van der Waals surface area contributed by atoms with E-state index in [4.69, 9.17) is 17.3 Å². The van der Waals surface area contributed by atoms with E-state index in [0.29, 0.717) is 0 Å². The quantitative estimate of drug-likeness (QED) is 0.727. The first kappa shape index (κ1) is 16.7. The summed E-state index contributed by atoms with van der Waals surface area (Å²) in [6.45, 7) is 5.94. The number of amides is 1. The molecule has 0 spiro atoms. The van der Waals surface area contributed by atoms with Crippen LogP contribution in [0.15, 0.2) is 18.2 Å². The molecule has 0 aliphatic heterocycles. The maximum absolute atomic E-state index is 11.1. The zero-order valence-corrected chi connectivity index (χ0v) is 15.2. The molecule has 8 heteroatoms. The minimum Gasteiger partial charge on any atom is -0.376 e. The van der Waals surface area contributed by atoms with Crippen LogP contribution in [0.25, 0.3) is 10.9 Å². The highest BCUT2D eigenvalue weighted by Gasteiger charge is 2.14. The van der Waals surface area contributed by atoms with Crippen molar-refractivity contribution in [2.75, 3.05) is 5.32 Å². The third-order valence-electron chi connectivity index (χ3n) is 3.82. The molecule has 0 fully saturated rings. The van der Waals surface area contributed by atoms with Crippen LogP contribution in [0.3, 0.4) is 0 Å². The Hall–Kier alpha value is -2.12. The van der Waals surface area contributed by atoms with Gasteiger partial charge in [0.25, 0.3) is 0 Å². The molecular formula is C16H18ClN5OS. The highest BCUT2D eigenvalue weighted by Crippen LogP contribution is 2.30. The number of hydrogen-bond acceptors (Lipinski definition) is 5. The van der Waals surface area contributed by atoms with E-state index in [9.17, 15) is 4.79 Å². The number of carbonyl (C=O) groups is 1. The largest absolute Gasteiger partial charge is 0.376 e. The Morgan fingerprint density at radius 1 is 1.46 bits per heavy atom. The summed E-state index contributed by atoms with van der Waals surface area (Å²) in [6.07, 6.45) is 0. The zero-order chi connectivity index (χ0) is 17.4. The Morgan fingerprint density at radius 3 is 2.83 bits per heavy atom. The fourth-order valence-electron chi connectivity index (χ4n) is 2.55. The van der Waals surface area contributed by atoms with Gasteiger partial charge in [0.05, 0.1) is 17.3 Å². The molecule has 0 saturated heterocycles. The average Bonchev–Trinajstić information content (AvgIpc) is 2.99. The molecule has 0 radical (unpaired) electrons. The van der Waals surface area contributed by atoms with Crippen LogP contribution in [-0.2, 0) is 11.3 Å². The molecule has 0 saturated carbocycles. The van der Waals surface area contributed by atoms with Crippen molar-refractivity contribution in [2.45, 2.75) is 33.4 Å². The molecule has 3 N–H and O–H groups in total. The summed E-state index contributed by atoms with van der Waals surface area (Å²) in [5.41, 5.74) is 8.78. The number of primary amides is 1. The molecule has 0 unspecified atom stereocenters. The number of hydrogen-bond donors (Lipinski definition) is 2. The van der Waals surface area contributed by atoms with Crippen molar-refractivity contribution in [3.8, 4) is 0 Å². The van der Waals surface area contributed by atoms with Gasteiger partial charge in [-0.15, -0.1) is 11.3 Å². The van der Waals surface area contributed by atoms with Crippen molar-refractivity contribution < 1.29 is 4.79 Å². The smallest absolute Gasteiger partial charge is 0.239 e. The van der Waals surface area contributed by atoms with E-state index in [0.717, 1.165) is 37.3 Å². The molecule has 0 bridgehead atoms. The molecule has 3 rings (SSSR count). The molecule has 0 aliphatic carbocycles. The number of carbonyl (C=O) groups excluding carboxylic acids is 1. The number of rotatable bonds is 5. The van der Waals surface area contributed by atoms with Crippen molar-refractivity contribution in [1.82, 2.24) is 14.8 Å². The van der Waals surface area contributed by atoms with Crippen LogP contribution >= 0.6 is 22.9 Å². The first-order valence-electron chi connectivity index (χ1n) is 7.50. The summed E-state index contributed by atoms with van der Waals surface area (Å²) >= 11 is 7.57.